The average Bonchev–Trinajstić information content (AvgIpc) is 2.35. The molecule has 0 radical (unpaired) electrons. The van der Waals surface area contributed by atoms with Crippen LogP contribution in [0.2, 0.25) is 0 Å². The fraction of sp³-hybridized carbons (Fsp3) is 0.769. The van der Waals surface area contributed by atoms with Crippen LogP contribution in [0.15, 0.2) is 12.2 Å². The number of esters is 1. The van der Waals surface area contributed by atoms with E-state index in [9.17, 15) is 4.79 Å². The highest BCUT2D eigenvalue weighted by Gasteiger charge is 2.12. The summed E-state index contributed by atoms with van der Waals surface area (Å²) in [4.78, 5) is 11.0. The van der Waals surface area contributed by atoms with E-state index in [-0.39, 0.29) is 5.97 Å². The van der Waals surface area contributed by atoms with Gasteiger partial charge in [0, 0.05) is 19.2 Å². The Bertz CT molecular complexity index is 235. The van der Waals surface area contributed by atoms with Crippen molar-refractivity contribution in [3.8, 4) is 0 Å². The van der Waals surface area contributed by atoms with Crippen LogP contribution in [0.4, 0.5) is 0 Å². The lowest BCUT2D eigenvalue weighted by Gasteiger charge is -2.22. The van der Waals surface area contributed by atoms with Crippen LogP contribution in [-0.4, -0.2) is 38.4 Å². The van der Waals surface area contributed by atoms with Gasteiger partial charge in [-0.15, -0.1) is 0 Å². The van der Waals surface area contributed by atoms with Crippen molar-refractivity contribution in [3.63, 3.8) is 0 Å². The smallest absolute Gasteiger partial charge is 0.330 e. The van der Waals surface area contributed by atoms with Gasteiger partial charge in [0.2, 0.25) is 0 Å². The molecule has 1 heterocycles. The Labute approximate surface area is 103 Å². The zero-order valence-electron chi connectivity index (χ0n) is 10.6. The Morgan fingerprint density at radius 2 is 2.41 bits per heavy atom. The molecule has 0 aromatic rings. The van der Waals surface area contributed by atoms with Crippen LogP contribution in [0.5, 0.6) is 0 Å². The largest absolute Gasteiger partial charge is 0.463 e. The van der Waals surface area contributed by atoms with Gasteiger partial charge in [0.1, 0.15) is 0 Å². The fourth-order valence-corrected chi connectivity index (χ4v) is 1.83. The maximum Gasteiger partial charge on any atom is 0.330 e. The lowest BCUT2D eigenvalue weighted by Crippen LogP contribution is -2.25. The highest BCUT2D eigenvalue weighted by molar-refractivity contribution is 5.81. The van der Waals surface area contributed by atoms with Gasteiger partial charge < -0.3 is 14.8 Å². The minimum absolute atomic E-state index is 0.273. The van der Waals surface area contributed by atoms with Gasteiger partial charge in [-0.25, -0.2) is 4.79 Å². The SMILES string of the molecule is CCOC(=O)/C=C/CNCCC1CCCCO1. The third-order valence-corrected chi connectivity index (χ3v) is 2.72. The quantitative estimate of drug-likeness (QED) is 0.418. The van der Waals surface area contributed by atoms with Crippen LogP contribution in [-0.2, 0) is 14.3 Å². The first-order valence-electron chi connectivity index (χ1n) is 6.48. The van der Waals surface area contributed by atoms with Crippen LogP contribution < -0.4 is 5.32 Å². The Morgan fingerprint density at radius 1 is 1.53 bits per heavy atom. The zero-order valence-corrected chi connectivity index (χ0v) is 10.6. The molecule has 0 bridgehead atoms. The number of nitrogens with one attached hydrogen (secondary N) is 1. The molecule has 0 spiro atoms. The standard InChI is InChI=1S/C13H23NO3/c1-2-16-13(15)7-5-9-14-10-8-12-6-3-4-11-17-12/h5,7,12,14H,2-4,6,8-11H2,1H3/b7-5+. The van der Waals surface area contributed by atoms with E-state index < -0.39 is 0 Å². The van der Waals surface area contributed by atoms with Gasteiger partial charge in [0.05, 0.1) is 12.7 Å². The molecule has 1 rings (SSSR count). The number of ether oxygens (including phenoxy) is 2. The highest BCUT2D eigenvalue weighted by Crippen LogP contribution is 2.14. The molecule has 0 aromatic heterocycles. The van der Waals surface area contributed by atoms with Crippen molar-refractivity contribution in [3.05, 3.63) is 12.2 Å². The molecule has 0 aromatic carbocycles. The van der Waals surface area contributed by atoms with E-state index in [4.69, 9.17) is 9.47 Å². The topological polar surface area (TPSA) is 47.6 Å². The molecule has 1 unspecified atom stereocenters. The molecule has 1 fully saturated rings. The van der Waals surface area contributed by atoms with Gasteiger partial charge in [0.25, 0.3) is 0 Å². The fourth-order valence-electron chi connectivity index (χ4n) is 1.83. The third-order valence-electron chi connectivity index (χ3n) is 2.72. The second kappa shape index (κ2) is 9.19. The normalized spacial score (nSPS) is 20.6. The summed E-state index contributed by atoms with van der Waals surface area (Å²) in [6.45, 7) is 4.76. The molecule has 1 aliphatic heterocycles. The zero-order chi connectivity index (χ0) is 12.3. The van der Waals surface area contributed by atoms with Crippen LogP contribution in [0, 0.1) is 0 Å². The van der Waals surface area contributed by atoms with Gasteiger partial charge in [-0.2, -0.15) is 0 Å². The summed E-state index contributed by atoms with van der Waals surface area (Å²) >= 11 is 0. The van der Waals surface area contributed by atoms with Gasteiger partial charge in [-0.05, 0) is 39.2 Å². The molecule has 0 saturated carbocycles. The Balaban J connectivity index is 1.94. The van der Waals surface area contributed by atoms with Crippen LogP contribution in [0.3, 0.4) is 0 Å². The summed E-state index contributed by atoms with van der Waals surface area (Å²) in [5.74, 6) is -0.273. The van der Waals surface area contributed by atoms with Crippen molar-refractivity contribution in [2.75, 3.05) is 26.3 Å². The molecule has 0 amide bonds. The maximum absolute atomic E-state index is 11.0. The first-order chi connectivity index (χ1) is 8.33. The lowest BCUT2D eigenvalue weighted by atomic mass is 10.1. The van der Waals surface area contributed by atoms with E-state index in [0.717, 1.165) is 19.6 Å². The summed E-state index contributed by atoms with van der Waals surface area (Å²) < 4.78 is 10.4. The van der Waals surface area contributed by atoms with E-state index in [2.05, 4.69) is 5.32 Å². The minimum atomic E-state index is -0.273. The Morgan fingerprint density at radius 3 is 3.12 bits per heavy atom. The van der Waals surface area contributed by atoms with Gasteiger partial charge in [-0.3, -0.25) is 0 Å². The predicted molar refractivity (Wildman–Crippen MR) is 66.9 cm³/mol. The van der Waals surface area contributed by atoms with Crippen molar-refractivity contribution >= 4 is 5.97 Å². The summed E-state index contributed by atoms with van der Waals surface area (Å²) in [5, 5.41) is 3.26. The third kappa shape index (κ3) is 7.13. The van der Waals surface area contributed by atoms with Gasteiger partial charge >= 0.3 is 5.97 Å². The first-order valence-corrected chi connectivity index (χ1v) is 6.48. The second-order valence-corrected chi connectivity index (χ2v) is 4.14. The molecule has 4 heteroatoms. The van der Waals surface area contributed by atoms with E-state index in [1.54, 1.807) is 13.0 Å². The maximum atomic E-state index is 11.0. The van der Waals surface area contributed by atoms with E-state index in [1.807, 2.05) is 0 Å². The molecule has 1 aliphatic rings. The molecule has 0 aliphatic carbocycles. The molecular formula is C13H23NO3. The number of hydrogen-bond donors (Lipinski definition) is 1. The summed E-state index contributed by atoms with van der Waals surface area (Å²) in [6.07, 6.45) is 8.39. The van der Waals surface area contributed by atoms with Crippen LogP contribution in [0.1, 0.15) is 32.6 Å². The number of rotatable bonds is 7. The number of carbonyl (C=O) groups excluding carboxylic acids is 1. The van der Waals surface area contributed by atoms with E-state index in [1.165, 1.54) is 25.3 Å². The molecule has 1 saturated heterocycles. The monoisotopic (exact) mass is 241 g/mol. The van der Waals surface area contributed by atoms with Crippen molar-refractivity contribution in [1.29, 1.82) is 0 Å². The summed E-state index contributed by atoms with van der Waals surface area (Å²) in [5.41, 5.74) is 0. The predicted octanol–water partition coefficient (Wildman–Crippen LogP) is 1.65. The van der Waals surface area contributed by atoms with Crippen molar-refractivity contribution < 1.29 is 14.3 Å². The van der Waals surface area contributed by atoms with Gasteiger partial charge in [-0.1, -0.05) is 6.08 Å². The average molecular weight is 241 g/mol. The molecule has 17 heavy (non-hydrogen) atoms. The lowest BCUT2D eigenvalue weighted by molar-refractivity contribution is -0.137. The summed E-state index contributed by atoms with van der Waals surface area (Å²) in [6, 6.07) is 0. The molecule has 1 N–H and O–H groups in total. The van der Waals surface area contributed by atoms with E-state index >= 15 is 0 Å². The van der Waals surface area contributed by atoms with Crippen molar-refractivity contribution in [2.45, 2.75) is 38.7 Å². The molecular weight excluding hydrogens is 218 g/mol. The van der Waals surface area contributed by atoms with Gasteiger partial charge in [0.15, 0.2) is 0 Å². The Kier molecular flexibility index (Phi) is 7.67. The Hall–Kier alpha value is -0.870. The van der Waals surface area contributed by atoms with Crippen molar-refractivity contribution in [1.82, 2.24) is 5.32 Å². The van der Waals surface area contributed by atoms with E-state index in [0.29, 0.717) is 19.3 Å². The molecule has 4 nitrogen and oxygen atoms in total. The molecule has 1 atom stereocenters. The van der Waals surface area contributed by atoms with Crippen molar-refractivity contribution in [2.24, 2.45) is 0 Å². The van der Waals surface area contributed by atoms with Crippen LogP contribution >= 0.6 is 0 Å². The van der Waals surface area contributed by atoms with Crippen LogP contribution in [0.25, 0.3) is 0 Å². The number of hydrogen-bond acceptors (Lipinski definition) is 4. The summed E-state index contributed by atoms with van der Waals surface area (Å²) in [7, 11) is 0. The number of carbonyl (C=O) groups is 1. The minimum Gasteiger partial charge on any atom is -0.463 e. The highest BCUT2D eigenvalue weighted by atomic mass is 16.5. The molecule has 98 valence electrons. The first kappa shape index (κ1) is 14.2. The second-order valence-electron chi connectivity index (χ2n) is 4.14.